The van der Waals surface area contributed by atoms with E-state index in [0.29, 0.717) is 10.6 Å². The summed E-state index contributed by atoms with van der Waals surface area (Å²) in [5.41, 5.74) is 5.34. The molecule has 2 rings (SSSR count). The average Bonchev–Trinajstić information content (AvgIpc) is 2.55. The molecule has 7 nitrogen and oxygen atoms in total. The second-order valence-corrected chi connectivity index (χ2v) is 5.71. The number of thiocarbonyl (C=S) groups is 1. The van der Waals surface area contributed by atoms with Crippen LogP contribution in [0.25, 0.3) is 0 Å². The van der Waals surface area contributed by atoms with Crippen LogP contribution in [0.4, 0.5) is 11.4 Å². The monoisotopic (exact) mass is 384 g/mol. The molecular formula is C14H10Cl2N4O3S. The third-order valence-corrected chi connectivity index (χ3v) is 3.59. The zero-order valence-electron chi connectivity index (χ0n) is 11.9. The topological polar surface area (TPSA) is 96.3 Å². The lowest BCUT2D eigenvalue weighted by molar-refractivity contribution is -0.384. The van der Waals surface area contributed by atoms with E-state index in [2.05, 4.69) is 16.2 Å². The molecule has 0 aliphatic rings. The van der Waals surface area contributed by atoms with Crippen LogP contribution in [0.1, 0.15) is 10.4 Å². The van der Waals surface area contributed by atoms with Crippen molar-refractivity contribution >= 4 is 57.8 Å². The number of non-ortho nitro benzene ring substituents is 1. The fourth-order valence-electron chi connectivity index (χ4n) is 1.66. The first kappa shape index (κ1) is 17.9. The van der Waals surface area contributed by atoms with Crippen LogP contribution in [0.2, 0.25) is 10.0 Å². The summed E-state index contributed by atoms with van der Waals surface area (Å²) in [4.78, 5) is 22.1. The molecule has 0 aromatic heterocycles. The normalized spacial score (nSPS) is 9.92. The van der Waals surface area contributed by atoms with Gasteiger partial charge in [-0.05, 0) is 42.5 Å². The van der Waals surface area contributed by atoms with Crippen molar-refractivity contribution < 1.29 is 9.72 Å². The van der Waals surface area contributed by atoms with Gasteiger partial charge in [-0.15, -0.1) is 0 Å². The zero-order valence-corrected chi connectivity index (χ0v) is 14.2. The third-order valence-electron chi connectivity index (χ3n) is 2.80. The summed E-state index contributed by atoms with van der Waals surface area (Å²) in [5.74, 6) is -0.430. The fourth-order valence-corrected chi connectivity index (χ4v) is 2.11. The molecule has 0 aliphatic carbocycles. The Morgan fingerprint density at radius 3 is 2.38 bits per heavy atom. The molecule has 24 heavy (non-hydrogen) atoms. The van der Waals surface area contributed by atoms with Gasteiger partial charge in [0.25, 0.3) is 11.6 Å². The van der Waals surface area contributed by atoms with Crippen LogP contribution in [0.5, 0.6) is 0 Å². The summed E-state index contributed by atoms with van der Waals surface area (Å²) >= 11 is 16.7. The predicted octanol–water partition coefficient (Wildman–Crippen LogP) is 3.53. The van der Waals surface area contributed by atoms with Crippen LogP contribution in [-0.2, 0) is 0 Å². The molecule has 0 unspecified atom stereocenters. The lowest BCUT2D eigenvalue weighted by Gasteiger charge is -2.12. The smallest absolute Gasteiger partial charge is 0.271 e. The quantitative estimate of drug-likeness (QED) is 0.425. The fraction of sp³-hybridized carbons (Fsp3) is 0. The number of nitro benzene ring substituents is 1. The van der Waals surface area contributed by atoms with Gasteiger partial charge in [0.2, 0.25) is 0 Å². The number of halogens is 2. The molecule has 2 aromatic rings. The number of amides is 1. The number of rotatable bonds is 3. The second kappa shape index (κ2) is 7.91. The Balaban J connectivity index is 1.96. The Labute approximate surface area is 152 Å². The number of nitro groups is 1. The second-order valence-electron chi connectivity index (χ2n) is 4.46. The largest absolute Gasteiger partial charge is 0.330 e. The maximum absolute atomic E-state index is 11.9. The molecule has 124 valence electrons. The van der Waals surface area contributed by atoms with Gasteiger partial charge >= 0.3 is 0 Å². The number of hydrogen-bond acceptors (Lipinski definition) is 4. The van der Waals surface area contributed by atoms with Gasteiger partial charge in [0.15, 0.2) is 5.11 Å². The highest BCUT2D eigenvalue weighted by Crippen LogP contribution is 2.26. The van der Waals surface area contributed by atoms with Crippen LogP contribution in [0.3, 0.4) is 0 Å². The van der Waals surface area contributed by atoms with Gasteiger partial charge in [0.1, 0.15) is 0 Å². The van der Waals surface area contributed by atoms with Crippen molar-refractivity contribution in [2.45, 2.75) is 0 Å². The molecule has 0 bridgehead atoms. The standard InChI is InChI=1S/C14H10Cl2N4O3S/c15-9-3-1-8(2-4-9)13(21)18-19-14(24)17-12-7-10(20(22)23)5-6-11(12)16/h1-7H,(H,18,21)(H2,17,19,24). The summed E-state index contributed by atoms with van der Waals surface area (Å²) in [7, 11) is 0. The molecule has 3 N–H and O–H groups in total. The van der Waals surface area contributed by atoms with Gasteiger partial charge in [-0.25, -0.2) is 0 Å². The van der Waals surface area contributed by atoms with Crippen molar-refractivity contribution in [3.8, 4) is 0 Å². The van der Waals surface area contributed by atoms with Crippen LogP contribution in [0.15, 0.2) is 42.5 Å². The van der Waals surface area contributed by atoms with Gasteiger partial charge in [0, 0.05) is 22.7 Å². The molecule has 0 atom stereocenters. The molecule has 0 aliphatic heterocycles. The van der Waals surface area contributed by atoms with Crippen molar-refractivity contribution in [2.24, 2.45) is 0 Å². The lowest BCUT2D eigenvalue weighted by atomic mass is 10.2. The first-order valence-corrected chi connectivity index (χ1v) is 7.60. The molecule has 0 saturated heterocycles. The van der Waals surface area contributed by atoms with Crippen LogP contribution in [0, 0.1) is 10.1 Å². The van der Waals surface area contributed by atoms with E-state index in [1.807, 2.05) is 0 Å². The Bertz CT molecular complexity index is 799. The van der Waals surface area contributed by atoms with E-state index >= 15 is 0 Å². The summed E-state index contributed by atoms with van der Waals surface area (Å²) in [6.45, 7) is 0. The van der Waals surface area contributed by atoms with Crippen LogP contribution in [-0.4, -0.2) is 15.9 Å². The van der Waals surface area contributed by atoms with Crippen LogP contribution >= 0.6 is 35.4 Å². The summed E-state index contributed by atoms with van der Waals surface area (Å²) in [6, 6.07) is 10.1. The van der Waals surface area contributed by atoms with E-state index in [-0.39, 0.29) is 21.5 Å². The molecule has 2 aromatic carbocycles. The molecule has 0 heterocycles. The number of carbonyl (C=O) groups is 1. The number of anilines is 1. The summed E-state index contributed by atoms with van der Waals surface area (Å²) < 4.78 is 0. The first-order chi connectivity index (χ1) is 11.4. The molecular weight excluding hydrogens is 375 g/mol. The number of hydrazine groups is 1. The number of nitrogens with zero attached hydrogens (tertiary/aromatic N) is 1. The average molecular weight is 385 g/mol. The Morgan fingerprint density at radius 2 is 1.75 bits per heavy atom. The van der Waals surface area contributed by atoms with Crippen molar-refractivity contribution in [2.75, 3.05) is 5.32 Å². The van der Waals surface area contributed by atoms with Gasteiger partial charge in [0.05, 0.1) is 15.6 Å². The number of nitrogens with one attached hydrogen (secondary N) is 3. The van der Waals surface area contributed by atoms with Gasteiger partial charge in [-0.1, -0.05) is 23.2 Å². The summed E-state index contributed by atoms with van der Waals surface area (Å²) in [6.07, 6.45) is 0. The van der Waals surface area contributed by atoms with Crippen LogP contribution < -0.4 is 16.2 Å². The molecule has 0 saturated carbocycles. The SMILES string of the molecule is O=C(NNC(=S)Nc1cc([N+](=O)[O-])ccc1Cl)c1ccc(Cl)cc1. The van der Waals surface area contributed by atoms with E-state index in [1.165, 1.54) is 18.2 Å². The number of hydrogen-bond donors (Lipinski definition) is 3. The minimum absolute atomic E-state index is 0.0136. The van der Waals surface area contributed by atoms with Gasteiger partial charge in [-0.3, -0.25) is 25.8 Å². The third kappa shape index (κ3) is 4.79. The van der Waals surface area contributed by atoms with E-state index in [0.717, 1.165) is 0 Å². The van der Waals surface area contributed by atoms with E-state index in [4.69, 9.17) is 35.4 Å². The van der Waals surface area contributed by atoms with E-state index in [1.54, 1.807) is 24.3 Å². The predicted molar refractivity (Wildman–Crippen MR) is 96.4 cm³/mol. The maximum atomic E-state index is 11.9. The highest BCUT2D eigenvalue weighted by molar-refractivity contribution is 7.80. The minimum atomic E-state index is -0.555. The lowest BCUT2D eigenvalue weighted by Crippen LogP contribution is -2.43. The molecule has 0 radical (unpaired) electrons. The Morgan fingerprint density at radius 1 is 1.08 bits per heavy atom. The van der Waals surface area contributed by atoms with E-state index in [9.17, 15) is 14.9 Å². The molecule has 1 amide bonds. The molecule has 0 fully saturated rings. The van der Waals surface area contributed by atoms with Crippen molar-refractivity contribution in [3.63, 3.8) is 0 Å². The highest BCUT2D eigenvalue weighted by atomic mass is 35.5. The van der Waals surface area contributed by atoms with Crippen molar-refractivity contribution in [1.29, 1.82) is 0 Å². The maximum Gasteiger partial charge on any atom is 0.271 e. The Hall–Kier alpha value is -2.42. The molecule has 0 spiro atoms. The summed E-state index contributed by atoms with van der Waals surface area (Å²) in [5, 5.41) is 14.2. The number of benzene rings is 2. The number of carbonyl (C=O) groups excluding carboxylic acids is 1. The van der Waals surface area contributed by atoms with Gasteiger partial charge < -0.3 is 5.32 Å². The molecule has 10 heteroatoms. The Kier molecular flexibility index (Phi) is 5.91. The van der Waals surface area contributed by atoms with E-state index < -0.39 is 10.8 Å². The zero-order chi connectivity index (χ0) is 17.7. The van der Waals surface area contributed by atoms with Crippen molar-refractivity contribution in [3.05, 3.63) is 68.2 Å². The highest BCUT2D eigenvalue weighted by Gasteiger charge is 2.11. The minimum Gasteiger partial charge on any atom is -0.330 e. The van der Waals surface area contributed by atoms with Gasteiger partial charge in [-0.2, -0.15) is 0 Å². The first-order valence-electron chi connectivity index (χ1n) is 6.43. The van der Waals surface area contributed by atoms with Crippen molar-refractivity contribution in [1.82, 2.24) is 10.9 Å².